The van der Waals surface area contributed by atoms with Crippen molar-refractivity contribution in [3.8, 4) is 5.75 Å². The second-order valence-electron chi connectivity index (χ2n) is 6.68. The molecule has 0 aromatic heterocycles. The van der Waals surface area contributed by atoms with E-state index >= 15 is 0 Å². The molecule has 1 aliphatic carbocycles. The lowest BCUT2D eigenvalue weighted by Gasteiger charge is -2.23. The van der Waals surface area contributed by atoms with Gasteiger partial charge in [-0.25, -0.2) is 0 Å². The fraction of sp³-hybridized carbons (Fsp3) is 0.632. The molecule has 0 radical (unpaired) electrons. The van der Waals surface area contributed by atoms with Gasteiger partial charge >= 0.3 is 0 Å². The Bertz CT molecular complexity index is 513. The van der Waals surface area contributed by atoms with Crippen LogP contribution in [0.25, 0.3) is 0 Å². The number of ether oxygens (including phenoxy) is 1. The standard InChI is InChI=1S/C19H28ClNO2/c1-13-11-17(12-14(2)18(13)20)23-15(3)19(22)21-16-9-7-5-4-6-8-10-16/h11-12,15-16H,4-10H2,1-3H3,(H,21,22). The summed E-state index contributed by atoms with van der Waals surface area (Å²) in [5, 5.41) is 3.91. The highest BCUT2D eigenvalue weighted by Crippen LogP contribution is 2.26. The maximum Gasteiger partial charge on any atom is 0.260 e. The van der Waals surface area contributed by atoms with Gasteiger partial charge in [-0.1, -0.05) is 43.7 Å². The zero-order valence-corrected chi connectivity index (χ0v) is 15.2. The van der Waals surface area contributed by atoms with Crippen molar-refractivity contribution in [3.05, 3.63) is 28.3 Å². The molecule has 1 aromatic rings. The van der Waals surface area contributed by atoms with E-state index in [0.717, 1.165) is 29.0 Å². The topological polar surface area (TPSA) is 38.3 Å². The van der Waals surface area contributed by atoms with E-state index in [1.54, 1.807) is 6.92 Å². The van der Waals surface area contributed by atoms with Gasteiger partial charge in [0.05, 0.1) is 0 Å². The summed E-state index contributed by atoms with van der Waals surface area (Å²) < 4.78 is 5.82. The van der Waals surface area contributed by atoms with Gasteiger partial charge in [0.2, 0.25) is 0 Å². The van der Waals surface area contributed by atoms with Crippen LogP contribution in [0, 0.1) is 13.8 Å². The molecule has 1 amide bonds. The smallest absolute Gasteiger partial charge is 0.260 e. The van der Waals surface area contributed by atoms with E-state index in [4.69, 9.17) is 16.3 Å². The van der Waals surface area contributed by atoms with Crippen LogP contribution in [0.4, 0.5) is 0 Å². The predicted octanol–water partition coefficient (Wildman–Crippen LogP) is 4.95. The Morgan fingerprint density at radius 1 is 1.13 bits per heavy atom. The first-order valence-corrected chi connectivity index (χ1v) is 9.09. The lowest BCUT2D eigenvalue weighted by molar-refractivity contribution is -0.128. The third kappa shape index (κ3) is 5.42. The van der Waals surface area contributed by atoms with Crippen LogP contribution < -0.4 is 10.1 Å². The number of carbonyl (C=O) groups excluding carboxylic acids is 1. The molecule has 3 nitrogen and oxygen atoms in total. The molecule has 0 aliphatic heterocycles. The minimum Gasteiger partial charge on any atom is -0.481 e. The van der Waals surface area contributed by atoms with E-state index in [2.05, 4.69) is 5.32 Å². The SMILES string of the molecule is Cc1cc(OC(C)C(=O)NC2CCCCCCC2)cc(C)c1Cl. The number of hydrogen-bond donors (Lipinski definition) is 1. The van der Waals surface area contributed by atoms with E-state index in [0.29, 0.717) is 11.8 Å². The quantitative estimate of drug-likeness (QED) is 0.843. The summed E-state index contributed by atoms with van der Waals surface area (Å²) in [7, 11) is 0. The number of halogens is 1. The Morgan fingerprint density at radius 3 is 2.22 bits per heavy atom. The third-order valence-electron chi connectivity index (χ3n) is 4.54. The monoisotopic (exact) mass is 337 g/mol. The molecule has 0 bridgehead atoms. The van der Waals surface area contributed by atoms with Gasteiger partial charge in [-0.3, -0.25) is 4.79 Å². The molecule has 1 unspecified atom stereocenters. The Morgan fingerprint density at radius 2 is 1.65 bits per heavy atom. The highest BCUT2D eigenvalue weighted by Gasteiger charge is 2.20. The van der Waals surface area contributed by atoms with E-state index < -0.39 is 6.10 Å². The molecule has 23 heavy (non-hydrogen) atoms. The minimum absolute atomic E-state index is 0.0270. The van der Waals surface area contributed by atoms with Gasteiger partial charge in [-0.15, -0.1) is 0 Å². The highest BCUT2D eigenvalue weighted by molar-refractivity contribution is 6.32. The third-order valence-corrected chi connectivity index (χ3v) is 5.14. The summed E-state index contributed by atoms with van der Waals surface area (Å²) in [6.07, 6.45) is 7.96. The molecule has 4 heteroatoms. The number of benzene rings is 1. The second kappa shape index (κ2) is 8.58. The summed E-state index contributed by atoms with van der Waals surface area (Å²) >= 11 is 6.17. The van der Waals surface area contributed by atoms with Crippen LogP contribution in [0.3, 0.4) is 0 Å². The average molecular weight is 338 g/mol. The van der Waals surface area contributed by atoms with Crippen molar-refractivity contribution in [1.29, 1.82) is 0 Å². The normalized spacial score (nSPS) is 17.9. The Hall–Kier alpha value is -1.22. The molecule has 2 rings (SSSR count). The van der Waals surface area contributed by atoms with Gasteiger partial charge < -0.3 is 10.1 Å². The first-order chi connectivity index (χ1) is 11.0. The number of rotatable bonds is 4. The molecule has 1 aliphatic rings. The molecule has 1 saturated carbocycles. The van der Waals surface area contributed by atoms with Crippen molar-refractivity contribution in [2.75, 3.05) is 0 Å². The zero-order chi connectivity index (χ0) is 16.8. The first kappa shape index (κ1) is 18.1. The summed E-state index contributed by atoms with van der Waals surface area (Å²) in [6.45, 7) is 5.69. The Labute approximate surface area is 144 Å². The van der Waals surface area contributed by atoms with Gasteiger partial charge in [0.1, 0.15) is 5.75 Å². The molecule has 0 spiro atoms. The van der Waals surface area contributed by atoms with Crippen LogP contribution in [-0.4, -0.2) is 18.1 Å². The number of amides is 1. The van der Waals surface area contributed by atoms with Crippen LogP contribution in [0.2, 0.25) is 5.02 Å². The molecule has 0 saturated heterocycles. The minimum atomic E-state index is -0.500. The molecule has 128 valence electrons. The summed E-state index contributed by atoms with van der Waals surface area (Å²) in [5.41, 5.74) is 1.93. The molecule has 1 N–H and O–H groups in total. The van der Waals surface area contributed by atoms with Gasteiger partial charge in [-0.05, 0) is 56.9 Å². The highest BCUT2D eigenvalue weighted by atomic mass is 35.5. The van der Waals surface area contributed by atoms with Crippen LogP contribution in [0.1, 0.15) is 63.0 Å². The van der Waals surface area contributed by atoms with E-state index in [9.17, 15) is 4.79 Å². The lowest BCUT2D eigenvalue weighted by atomic mass is 9.96. The Kier molecular flexibility index (Phi) is 6.76. The molecule has 0 heterocycles. The number of aryl methyl sites for hydroxylation is 2. The van der Waals surface area contributed by atoms with Gasteiger partial charge in [0, 0.05) is 11.1 Å². The van der Waals surface area contributed by atoms with Crippen LogP contribution in [0.15, 0.2) is 12.1 Å². The van der Waals surface area contributed by atoms with Gasteiger partial charge in [-0.2, -0.15) is 0 Å². The predicted molar refractivity (Wildman–Crippen MR) is 95.3 cm³/mol. The largest absolute Gasteiger partial charge is 0.481 e. The van der Waals surface area contributed by atoms with Gasteiger partial charge in [0.25, 0.3) is 5.91 Å². The van der Waals surface area contributed by atoms with Crippen molar-refractivity contribution in [1.82, 2.24) is 5.32 Å². The zero-order valence-electron chi connectivity index (χ0n) is 14.5. The maximum absolute atomic E-state index is 12.4. The number of nitrogens with one attached hydrogen (secondary N) is 1. The number of hydrogen-bond acceptors (Lipinski definition) is 2. The summed E-state index contributed by atoms with van der Waals surface area (Å²) in [6, 6.07) is 4.06. The van der Waals surface area contributed by atoms with Crippen molar-refractivity contribution in [3.63, 3.8) is 0 Å². The fourth-order valence-corrected chi connectivity index (χ4v) is 3.26. The lowest BCUT2D eigenvalue weighted by Crippen LogP contribution is -2.42. The van der Waals surface area contributed by atoms with E-state index in [1.165, 1.54) is 32.1 Å². The molecular weight excluding hydrogens is 310 g/mol. The summed E-state index contributed by atoms with van der Waals surface area (Å²) in [5.74, 6) is 0.672. The second-order valence-corrected chi connectivity index (χ2v) is 7.06. The maximum atomic E-state index is 12.4. The average Bonchev–Trinajstić information content (AvgIpc) is 2.47. The number of carbonyl (C=O) groups is 1. The summed E-state index contributed by atoms with van der Waals surface area (Å²) in [4.78, 5) is 12.4. The molecule has 1 atom stereocenters. The molecule has 1 fully saturated rings. The van der Waals surface area contributed by atoms with Crippen LogP contribution in [0.5, 0.6) is 5.75 Å². The molecule has 1 aromatic carbocycles. The fourth-order valence-electron chi connectivity index (χ4n) is 3.15. The first-order valence-electron chi connectivity index (χ1n) is 8.71. The van der Waals surface area contributed by atoms with E-state index in [-0.39, 0.29) is 5.91 Å². The van der Waals surface area contributed by atoms with Crippen LogP contribution >= 0.6 is 11.6 Å². The van der Waals surface area contributed by atoms with Crippen molar-refractivity contribution in [2.24, 2.45) is 0 Å². The molecular formula is C19H28ClNO2. The van der Waals surface area contributed by atoms with Crippen molar-refractivity contribution < 1.29 is 9.53 Å². The van der Waals surface area contributed by atoms with Crippen LogP contribution in [-0.2, 0) is 4.79 Å². The Balaban J connectivity index is 1.91. The van der Waals surface area contributed by atoms with Crippen molar-refractivity contribution >= 4 is 17.5 Å². The van der Waals surface area contributed by atoms with Gasteiger partial charge in [0.15, 0.2) is 6.10 Å². The van der Waals surface area contributed by atoms with Crippen molar-refractivity contribution in [2.45, 2.75) is 77.9 Å². The van der Waals surface area contributed by atoms with E-state index in [1.807, 2.05) is 26.0 Å².